The summed E-state index contributed by atoms with van der Waals surface area (Å²) in [5.41, 5.74) is 9.24. The van der Waals surface area contributed by atoms with Crippen molar-refractivity contribution in [1.29, 1.82) is 0 Å². The Morgan fingerprint density at radius 3 is 2.50 bits per heavy atom. The van der Waals surface area contributed by atoms with Crippen LogP contribution in [0.25, 0.3) is 0 Å². The largest absolute Gasteiger partial charge is 0.480 e. The maximum absolute atomic E-state index is 12.6. The molecule has 1 rings (SSSR count). The highest BCUT2D eigenvalue weighted by Gasteiger charge is 2.53. The van der Waals surface area contributed by atoms with Gasteiger partial charge in [-0.15, -0.1) is 0 Å². The summed E-state index contributed by atoms with van der Waals surface area (Å²) in [7, 11) is -4.72. The number of likely N-dealkylation sites (N-methyl/N-ethyl adjacent to an activating group) is 1. The lowest BCUT2D eigenvalue weighted by atomic mass is 9.78. The van der Waals surface area contributed by atoms with Gasteiger partial charge in [0.25, 0.3) is 16.6 Å². The van der Waals surface area contributed by atoms with Gasteiger partial charge < -0.3 is 26.6 Å². The molecule has 1 aliphatic rings. The number of alkyl halides is 2. The number of halogens is 2. The van der Waals surface area contributed by atoms with E-state index in [0.29, 0.717) is 4.31 Å². The van der Waals surface area contributed by atoms with Crippen LogP contribution in [0.15, 0.2) is 0 Å². The molecular weight excluding hydrogens is 377 g/mol. The molecule has 1 aliphatic heterocycles. The van der Waals surface area contributed by atoms with Gasteiger partial charge in [-0.05, 0) is 12.7 Å². The van der Waals surface area contributed by atoms with Crippen molar-refractivity contribution in [3.8, 4) is 0 Å². The minimum absolute atomic E-state index is 0.0118. The molecule has 14 heteroatoms. The second-order valence-electron chi connectivity index (χ2n) is 6.53. The SMILES string of the molecule is CN(C[C@H](N)C(F)F)S(=O)(=O)N1C[C@H](CCCB(O)O)[C@](N)(C(=O)O)C1. The summed E-state index contributed by atoms with van der Waals surface area (Å²) in [6.07, 6.45) is -2.53. The summed E-state index contributed by atoms with van der Waals surface area (Å²) < 4.78 is 51.7. The summed E-state index contributed by atoms with van der Waals surface area (Å²) in [4.78, 5) is 11.6. The van der Waals surface area contributed by atoms with Gasteiger partial charge in [0.15, 0.2) is 0 Å². The molecule has 0 saturated carbocycles. The van der Waals surface area contributed by atoms with E-state index in [2.05, 4.69) is 0 Å². The van der Waals surface area contributed by atoms with Crippen LogP contribution in [-0.2, 0) is 15.0 Å². The molecule has 0 aromatic rings. The number of carbonyl (C=O) groups is 1. The first kappa shape index (κ1) is 23.1. The number of carboxylic acid groups (broad SMARTS) is 1. The van der Waals surface area contributed by atoms with Gasteiger partial charge in [-0.3, -0.25) is 4.79 Å². The predicted molar refractivity (Wildman–Crippen MR) is 89.4 cm³/mol. The number of nitrogens with two attached hydrogens (primary N) is 2. The van der Waals surface area contributed by atoms with Crippen LogP contribution < -0.4 is 11.5 Å². The van der Waals surface area contributed by atoms with Gasteiger partial charge in [0.2, 0.25) is 0 Å². The molecule has 0 spiro atoms. The topological polar surface area (TPSA) is 170 Å². The van der Waals surface area contributed by atoms with E-state index in [0.717, 1.165) is 11.4 Å². The van der Waals surface area contributed by atoms with E-state index in [1.54, 1.807) is 0 Å². The highest BCUT2D eigenvalue weighted by atomic mass is 32.2. The van der Waals surface area contributed by atoms with Gasteiger partial charge in [-0.25, -0.2) is 8.78 Å². The normalized spacial score (nSPS) is 25.8. The van der Waals surface area contributed by atoms with Crippen molar-refractivity contribution in [1.82, 2.24) is 8.61 Å². The van der Waals surface area contributed by atoms with E-state index in [9.17, 15) is 27.1 Å². The van der Waals surface area contributed by atoms with Gasteiger partial charge in [0.05, 0.1) is 6.04 Å². The van der Waals surface area contributed by atoms with E-state index in [1.807, 2.05) is 0 Å². The molecule has 10 nitrogen and oxygen atoms in total. The fourth-order valence-corrected chi connectivity index (χ4v) is 4.38. The smallest absolute Gasteiger partial charge is 0.451 e. The zero-order valence-corrected chi connectivity index (χ0v) is 15.1. The highest BCUT2D eigenvalue weighted by Crippen LogP contribution is 2.32. The summed E-state index contributed by atoms with van der Waals surface area (Å²) in [6.45, 7) is -1.38. The molecule has 0 amide bonds. The van der Waals surface area contributed by atoms with E-state index in [-0.39, 0.29) is 25.7 Å². The lowest BCUT2D eigenvalue weighted by molar-refractivity contribution is -0.144. The standard InChI is InChI=1S/C12H25BF2N4O6S/c1-18(6-9(16)10(14)15)26(24,25)19-5-8(3-2-4-13(22)23)12(17,7-19)11(20)21/h8-10,22-23H,2-7,16-17H2,1H3,(H,20,21)/t8-,9-,12-/m0/s1. The van der Waals surface area contributed by atoms with Gasteiger partial charge in [-0.2, -0.15) is 17.0 Å². The maximum Gasteiger partial charge on any atom is 0.451 e. The molecular formula is C12H25BF2N4O6S. The Labute approximate surface area is 151 Å². The first-order valence-corrected chi connectivity index (χ1v) is 9.35. The minimum atomic E-state index is -4.23. The van der Waals surface area contributed by atoms with Crippen LogP contribution >= 0.6 is 0 Å². The molecule has 1 fully saturated rings. The summed E-state index contributed by atoms with van der Waals surface area (Å²) in [5, 5.41) is 27.2. The van der Waals surface area contributed by atoms with Crippen LogP contribution in [0, 0.1) is 5.92 Å². The average Bonchev–Trinajstić information content (AvgIpc) is 2.86. The third kappa shape index (κ3) is 5.31. The summed E-state index contributed by atoms with van der Waals surface area (Å²) in [5.74, 6) is -2.16. The van der Waals surface area contributed by atoms with Gasteiger partial charge in [-0.1, -0.05) is 6.42 Å². The molecule has 0 bridgehead atoms. The third-order valence-corrected chi connectivity index (χ3v) is 6.38. The Morgan fingerprint density at radius 2 is 2.04 bits per heavy atom. The summed E-state index contributed by atoms with van der Waals surface area (Å²) >= 11 is 0. The Balaban J connectivity index is 2.91. The molecule has 0 aromatic carbocycles. The summed E-state index contributed by atoms with van der Waals surface area (Å²) in [6, 6.07) is -1.68. The van der Waals surface area contributed by atoms with Crippen molar-refractivity contribution in [2.24, 2.45) is 17.4 Å². The van der Waals surface area contributed by atoms with Crippen LogP contribution in [0.4, 0.5) is 8.78 Å². The first-order chi connectivity index (χ1) is 11.8. The first-order valence-electron chi connectivity index (χ1n) is 7.96. The fourth-order valence-electron chi connectivity index (χ4n) is 2.88. The third-order valence-electron chi connectivity index (χ3n) is 4.52. The average molecular weight is 402 g/mol. The Bertz CT molecular complexity index is 598. The highest BCUT2D eigenvalue weighted by molar-refractivity contribution is 7.86. The number of carboxylic acids is 1. The number of hydrogen-bond acceptors (Lipinski definition) is 7. The van der Waals surface area contributed by atoms with Crippen molar-refractivity contribution in [2.45, 2.75) is 37.2 Å². The molecule has 0 aliphatic carbocycles. The van der Waals surface area contributed by atoms with Crippen molar-refractivity contribution < 1.29 is 37.1 Å². The molecule has 0 aromatic heterocycles. The van der Waals surface area contributed by atoms with E-state index < -0.39 is 60.3 Å². The Morgan fingerprint density at radius 1 is 1.46 bits per heavy atom. The Kier molecular flexibility index (Phi) is 7.89. The van der Waals surface area contributed by atoms with E-state index >= 15 is 0 Å². The van der Waals surface area contributed by atoms with Crippen molar-refractivity contribution in [2.75, 3.05) is 26.7 Å². The van der Waals surface area contributed by atoms with E-state index in [1.165, 1.54) is 0 Å². The zero-order valence-electron chi connectivity index (χ0n) is 14.3. The van der Waals surface area contributed by atoms with Gasteiger partial charge in [0, 0.05) is 32.6 Å². The van der Waals surface area contributed by atoms with Crippen molar-refractivity contribution >= 4 is 23.3 Å². The molecule has 152 valence electrons. The molecule has 0 unspecified atom stereocenters. The number of aliphatic carboxylic acids is 1. The van der Waals surface area contributed by atoms with Crippen molar-refractivity contribution in [3.05, 3.63) is 0 Å². The molecule has 26 heavy (non-hydrogen) atoms. The van der Waals surface area contributed by atoms with Crippen LogP contribution in [0.3, 0.4) is 0 Å². The fraction of sp³-hybridized carbons (Fsp3) is 0.917. The minimum Gasteiger partial charge on any atom is -0.480 e. The second kappa shape index (κ2) is 8.86. The van der Waals surface area contributed by atoms with Crippen molar-refractivity contribution in [3.63, 3.8) is 0 Å². The van der Waals surface area contributed by atoms with Crippen LogP contribution in [0.1, 0.15) is 12.8 Å². The second-order valence-corrected chi connectivity index (χ2v) is 8.57. The lowest BCUT2D eigenvalue weighted by Gasteiger charge is -2.27. The Hall–Kier alpha value is -0.895. The van der Waals surface area contributed by atoms with Crippen LogP contribution in [0.2, 0.25) is 6.32 Å². The van der Waals surface area contributed by atoms with E-state index in [4.69, 9.17) is 21.5 Å². The van der Waals surface area contributed by atoms with Gasteiger partial charge >= 0.3 is 13.1 Å². The zero-order chi connectivity index (χ0) is 20.3. The van der Waals surface area contributed by atoms with Crippen LogP contribution in [0.5, 0.6) is 0 Å². The molecule has 0 radical (unpaired) electrons. The molecule has 1 saturated heterocycles. The number of nitrogens with zero attached hydrogens (tertiary/aromatic N) is 2. The number of rotatable bonds is 10. The predicted octanol–water partition coefficient (Wildman–Crippen LogP) is -2.28. The molecule has 3 atom stereocenters. The monoisotopic (exact) mass is 402 g/mol. The molecule has 7 N–H and O–H groups in total. The lowest BCUT2D eigenvalue weighted by Crippen LogP contribution is -2.55. The van der Waals surface area contributed by atoms with Crippen LogP contribution in [-0.4, -0.2) is 90.0 Å². The maximum atomic E-state index is 12.6. The molecule has 1 heterocycles. The van der Waals surface area contributed by atoms with Gasteiger partial charge in [0.1, 0.15) is 5.54 Å². The number of hydrogen-bond donors (Lipinski definition) is 5. The quantitative estimate of drug-likeness (QED) is 0.255.